The lowest BCUT2D eigenvalue weighted by atomic mass is 9.79. The Morgan fingerprint density at radius 3 is 2.19 bits per heavy atom. The quantitative estimate of drug-likeness (QED) is 0.502. The first-order chi connectivity index (χ1) is 11.7. The third-order valence-corrected chi connectivity index (χ3v) is 4.38. The lowest BCUT2D eigenvalue weighted by molar-refractivity contribution is -0.383. The summed E-state index contributed by atoms with van der Waals surface area (Å²) in [5.74, 6) is 0. The molecule has 1 amide bonds. The number of amides is 1. The molecule has 9 heteroatoms. The first kappa shape index (κ1) is 20.2. The Bertz CT molecular complexity index is 710. The van der Waals surface area contributed by atoms with Crippen molar-refractivity contribution in [3.05, 3.63) is 28.3 Å². The zero-order chi connectivity index (χ0) is 19.9. The number of hydrogen-bond donors (Lipinski definition) is 1. The van der Waals surface area contributed by atoms with Crippen LogP contribution in [0.2, 0.25) is 0 Å². The van der Waals surface area contributed by atoms with Crippen molar-refractivity contribution in [1.82, 2.24) is 0 Å². The smallest absolute Gasteiger partial charge is 0.444 e. The van der Waals surface area contributed by atoms with Gasteiger partial charge in [-0.1, -0.05) is 6.07 Å². The number of ether oxygens (including phenoxy) is 1. The lowest BCUT2D eigenvalue weighted by Crippen LogP contribution is -2.41. The Morgan fingerprint density at radius 1 is 1.19 bits per heavy atom. The van der Waals surface area contributed by atoms with Crippen LogP contribution in [0, 0.1) is 10.1 Å². The van der Waals surface area contributed by atoms with Gasteiger partial charge in [-0.25, -0.2) is 4.79 Å². The van der Waals surface area contributed by atoms with Crippen LogP contribution in [0.1, 0.15) is 48.5 Å². The molecular formula is C17H25BN2O6. The second-order valence-corrected chi connectivity index (χ2v) is 8.25. The molecule has 0 saturated carbocycles. The molecule has 2 rings (SSSR count). The summed E-state index contributed by atoms with van der Waals surface area (Å²) >= 11 is 0. The van der Waals surface area contributed by atoms with Crippen LogP contribution in [0.15, 0.2) is 18.2 Å². The van der Waals surface area contributed by atoms with Gasteiger partial charge >= 0.3 is 13.2 Å². The second kappa shape index (κ2) is 6.55. The van der Waals surface area contributed by atoms with Crippen LogP contribution >= 0.6 is 0 Å². The van der Waals surface area contributed by atoms with E-state index in [0.29, 0.717) is 5.46 Å². The molecule has 1 aromatic rings. The van der Waals surface area contributed by atoms with E-state index in [1.165, 1.54) is 12.1 Å². The number of nitro benzene ring substituents is 1. The highest BCUT2D eigenvalue weighted by Crippen LogP contribution is 2.37. The highest BCUT2D eigenvalue weighted by Gasteiger charge is 2.52. The van der Waals surface area contributed by atoms with Gasteiger partial charge in [-0.3, -0.25) is 15.4 Å². The van der Waals surface area contributed by atoms with Crippen LogP contribution in [0.3, 0.4) is 0 Å². The van der Waals surface area contributed by atoms with Gasteiger partial charge < -0.3 is 14.0 Å². The van der Waals surface area contributed by atoms with Gasteiger partial charge in [-0.05, 0) is 60.0 Å². The Hall–Kier alpha value is -2.13. The second-order valence-electron chi connectivity index (χ2n) is 8.25. The fraction of sp³-hybridized carbons (Fsp3) is 0.588. The third kappa shape index (κ3) is 4.34. The van der Waals surface area contributed by atoms with Crippen molar-refractivity contribution in [2.24, 2.45) is 0 Å². The normalized spacial score (nSPS) is 18.5. The number of nitrogens with one attached hydrogen (secondary N) is 1. The summed E-state index contributed by atoms with van der Waals surface area (Å²) in [4.78, 5) is 22.8. The van der Waals surface area contributed by atoms with Crippen molar-refractivity contribution < 1.29 is 23.8 Å². The van der Waals surface area contributed by atoms with Gasteiger partial charge in [-0.2, -0.15) is 0 Å². The van der Waals surface area contributed by atoms with Crippen LogP contribution in [0.25, 0.3) is 0 Å². The predicted octanol–water partition coefficient (Wildman–Crippen LogP) is 3.24. The van der Waals surface area contributed by atoms with Crippen molar-refractivity contribution in [3.63, 3.8) is 0 Å². The minimum Gasteiger partial charge on any atom is -0.444 e. The number of carbonyl (C=O) groups excluding carboxylic acids is 1. The molecule has 0 spiro atoms. The Kier molecular flexibility index (Phi) is 5.09. The molecule has 1 aromatic carbocycles. The Morgan fingerprint density at radius 2 is 1.73 bits per heavy atom. The van der Waals surface area contributed by atoms with Crippen molar-refractivity contribution in [3.8, 4) is 0 Å². The van der Waals surface area contributed by atoms with Crippen molar-refractivity contribution in [2.75, 3.05) is 5.32 Å². The largest absolute Gasteiger partial charge is 0.495 e. The summed E-state index contributed by atoms with van der Waals surface area (Å²) in [6.45, 7) is 12.7. The van der Waals surface area contributed by atoms with Crippen molar-refractivity contribution in [1.29, 1.82) is 0 Å². The van der Waals surface area contributed by atoms with E-state index in [0.717, 1.165) is 0 Å². The molecule has 1 aliphatic rings. The van der Waals surface area contributed by atoms with E-state index in [1.54, 1.807) is 26.8 Å². The molecule has 0 aromatic heterocycles. The topological polar surface area (TPSA) is 99.9 Å². The summed E-state index contributed by atoms with van der Waals surface area (Å²) < 4.78 is 17.0. The molecule has 142 valence electrons. The summed E-state index contributed by atoms with van der Waals surface area (Å²) in [7, 11) is -0.728. The number of rotatable bonds is 3. The van der Waals surface area contributed by atoms with Crippen LogP contribution < -0.4 is 10.8 Å². The van der Waals surface area contributed by atoms with Gasteiger partial charge in [0.25, 0.3) is 5.69 Å². The molecule has 1 heterocycles. The highest BCUT2D eigenvalue weighted by atomic mass is 16.7. The molecule has 0 atom stereocenters. The Labute approximate surface area is 153 Å². The van der Waals surface area contributed by atoms with Crippen LogP contribution in [0.4, 0.5) is 16.2 Å². The number of anilines is 1. The minimum atomic E-state index is -0.760. The fourth-order valence-electron chi connectivity index (χ4n) is 2.34. The standard InChI is InChI=1S/C17H25BN2O6/c1-15(2,3)24-14(21)19-12-9-8-11(10-13(12)20(22)23)18-25-16(4,5)17(6,7)26-18/h8-10H,1-7H3,(H,19,21). The zero-order valence-electron chi connectivity index (χ0n) is 16.2. The molecule has 0 aliphatic carbocycles. The van der Waals surface area contributed by atoms with Gasteiger partial charge in [0, 0.05) is 6.07 Å². The number of hydrogen-bond acceptors (Lipinski definition) is 6. The molecule has 8 nitrogen and oxygen atoms in total. The molecule has 1 saturated heterocycles. The van der Waals surface area contributed by atoms with E-state index < -0.39 is 34.9 Å². The van der Waals surface area contributed by atoms with E-state index in [2.05, 4.69) is 5.32 Å². The van der Waals surface area contributed by atoms with Gasteiger partial charge in [0.15, 0.2) is 0 Å². The van der Waals surface area contributed by atoms with E-state index in [-0.39, 0.29) is 11.4 Å². The van der Waals surface area contributed by atoms with E-state index in [1.807, 2.05) is 27.7 Å². The van der Waals surface area contributed by atoms with Crippen LogP contribution in [-0.2, 0) is 14.0 Å². The monoisotopic (exact) mass is 364 g/mol. The zero-order valence-corrected chi connectivity index (χ0v) is 16.2. The first-order valence-corrected chi connectivity index (χ1v) is 8.36. The van der Waals surface area contributed by atoms with E-state index in [4.69, 9.17) is 14.0 Å². The molecule has 1 N–H and O–H groups in total. The van der Waals surface area contributed by atoms with E-state index >= 15 is 0 Å². The molecule has 0 unspecified atom stereocenters. The molecule has 0 radical (unpaired) electrons. The van der Waals surface area contributed by atoms with Crippen molar-refractivity contribution in [2.45, 2.75) is 65.3 Å². The SMILES string of the molecule is CC(C)(C)OC(=O)Nc1ccc(B2OC(C)(C)C(C)(C)O2)cc1[N+](=O)[O-]. The third-order valence-electron chi connectivity index (χ3n) is 4.38. The summed E-state index contributed by atoms with van der Waals surface area (Å²) in [6, 6.07) is 4.42. The fourth-order valence-corrected chi connectivity index (χ4v) is 2.34. The van der Waals surface area contributed by atoms with Gasteiger partial charge in [0.05, 0.1) is 16.1 Å². The Balaban J connectivity index is 2.27. The van der Waals surface area contributed by atoms with E-state index in [9.17, 15) is 14.9 Å². The van der Waals surface area contributed by atoms with Crippen LogP contribution in [0.5, 0.6) is 0 Å². The average Bonchev–Trinajstić information content (AvgIpc) is 2.65. The minimum absolute atomic E-state index is 0.0458. The summed E-state index contributed by atoms with van der Waals surface area (Å²) in [5, 5.41) is 13.9. The molecule has 0 bridgehead atoms. The van der Waals surface area contributed by atoms with Gasteiger partial charge in [-0.15, -0.1) is 0 Å². The van der Waals surface area contributed by atoms with Gasteiger partial charge in [0.1, 0.15) is 11.3 Å². The maximum atomic E-state index is 11.9. The summed E-state index contributed by atoms with van der Waals surface area (Å²) in [6.07, 6.45) is -0.760. The summed E-state index contributed by atoms with van der Waals surface area (Å²) in [5.41, 5.74) is -1.53. The average molecular weight is 364 g/mol. The maximum absolute atomic E-state index is 11.9. The predicted molar refractivity (Wildman–Crippen MR) is 98.7 cm³/mol. The molecule has 1 fully saturated rings. The number of carbonyl (C=O) groups is 1. The lowest BCUT2D eigenvalue weighted by Gasteiger charge is -2.32. The molecule has 26 heavy (non-hydrogen) atoms. The maximum Gasteiger partial charge on any atom is 0.495 e. The number of benzene rings is 1. The molecule has 1 aliphatic heterocycles. The number of nitro groups is 1. The number of nitrogens with zero attached hydrogens (tertiary/aromatic N) is 1. The van der Waals surface area contributed by atoms with Crippen LogP contribution in [-0.4, -0.2) is 34.9 Å². The first-order valence-electron chi connectivity index (χ1n) is 8.36. The van der Waals surface area contributed by atoms with Crippen molar-refractivity contribution >= 4 is 30.0 Å². The van der Waals surface area contributed by atoms with Gasteiger partial charge in [0.2, 0.25) is 0 Å². The highest BCUT2D eigenvalue weighted by molar-refractivity contribution is 6.62. The molecular weight excluding hydrogens is 339 g/mol.